The second-order valence-corrected chi connectivity index (χ2v) is 6.35. The lowest BCUT2D eigenvalue weighted by Crippen LogP contribution is -2.17. The molecule has 0 saturated carbocycles. The Labute approximate surface area is 171 Å². The van der Waals surface area contributed by atoms with Gasteiger partial charge in [0.1, 0.15) is 5.82 Å². The van der Waals surface area contributed by atoms with Crippen molar-refractivity contribution < 1.29 is 27.4 Å². The molecule has 0 radical (unpaired) electrons. The number of aromatic nitrogens is 2. The highest BCUT2D eigenvalue weighted by molar-refractivity contribution is 6.04. The average molecular weight is 419 g/mol. The van der Waals surface area contributed by atoms with Gasteiger partial charge >= 0.3 is 6.18 Å². The van der Waals surface area contributed by atoms with Gasteiger partial charge in [-0.1, -0.05) is 12.1 Å². The van der Waals surface area contributed by atoms with E-state index in [9.17, 15) is 18.0 Å². The first kappa shape index (κ1) is 21.2. The number of ether oxygens (including phenoxy) is 2. The van der Waals surface area contributed by atoms with E-state index in [1.165, 1.54) is 43.5 Å². The molecule has 1 heterocycles. The second kappa shape index (κ2) is 8.48. The molecule has 0 atom stereocenters. The summed E-state index contributed by atoms with van der Waals surface area (Å²) < 4.78 is 52.0. The molecule has 1 aromatic heterocycles. The van der Waals surface area contributed by atoms with E-state index in [2.05, 4.69) is 10.4 Å². The van der Waals surface area contributed by atoms with Crippen LogP contribution in [0.2, 0.25) is 0 Å². The lowest BCUT2D eigenvalue weighted by molar-refractivity contribution is -0.137. The zero-order valence-corrected chi connectivity index (χ0v) is 16.6. The van der Waals surface area contributed by atoms with E-state index < -0.39 is 17.6 Å². The number of carbonyl (C=O) groups is 1. The third-order valence-corrected chi connectivity index (χ3v) is 4.24. The summed E-state index contributed by atoms with van der Waals surface area (Å²) in [4.78, 5) is 12.8. The van der Waals surface area contributed by atoms with Crippen LogP contribution in [0.3, 0.4) is 0 Å². The van der Waals surface area contributed by atoms with Crippen LogP contribution in [0.25, 0.3) is 5.69 Å². The molecule has 3 rings (SSSR count). The topological polar surface area (TPSA) is 65.4 Å². The Hall–Kier alpha value is -3.49. The fraction of sp³-hybridized carbons (Fsp3) is 0.238. The van der Waals surface area contributed by atoms with Crippen molar-refractivity contribution in [2.75, 3.05) is 19.0 Å². The number of anilines is 1. The number of hydrogen-bond acceptors (Lipinski definition) is 4. The van der Waals surface area contributed by atoms with E-state index in [1.807, 2.05) is 0 Å². The second-order valence-electron chi connectivity index (χ2n) is 6.35. The molecule has 0 unspecified atom stereocenters. The minimum Gasteiger partial charge on any atom is -0.493 e. The van der Waals surface area contributed by atoms with E-state index in [0.717, 1.165) is 10.7 Å². The molecule has 2 aromatic carbocycles. The Bertz CT molecular complexity index is 1060. The Kier molecular flexibility index (Phi) is 6.00. The SMILES string of the molecule is CCOc1cc(C(=O)Nc2cc(C)nn2-c2ccccc2C(F)(F)F)ccc1OC. The van der Waals surface area contributed by atoms with Crippen LogP contribution in [0.15, 0.2) is 48.5 Å². The summed E-state index contributed by atoms with van der Waals surface area (Å²) in [6.07, 6.45) is -4.57. The molecule has 0 fully saturated rings. The molecule has 0 bridgehead atoms. The number of para-hydroxylation sites is 1. The maximum absolute atomic E-state index is 13.4. The van der Waals surface area contributed by atoms with E-state index in [-0.39, 0.29) is 17.1 Å². The lowest BCUT2D eigenvalue weighted by Gasteiger charge is -2.15. The van der Waals surface area contributed by atoms with Gasteiger partial charge in [-0.2, -0.15) is 18.3 Å². The van der Waals surface area contributed by atoms with Gasteiger partial charge in [-0.3, -0.25) is 4.79 Å². The van der Waals surface area contributed by atoms with Crippen LogP contribution in [0, 0.1) is 6.92 Å². The molecule has 1 N–H and O–H groups in total. The Morgan fingerprint density at radius 3 is 2.53 bits per heavy atom. The van der Waals surface area contributed by atoms with Crippen molar-refractivity contribution in [3.8, 4) is 17.2 Å². The standard InChI is InChI=1S/C21H20F3N3O3/c1-4-30-18-12-14(9-10-17(18)29-3)20(28)25-19-11-13(2)26-27(19)16-8-6-5-7-15(16)21(22,23)24/h5-12H,4H2,1-3H3,(H,25,28). The third kappa shape index (κ3) is 4.40. The molecule has 0 saturated heterocycles. The minimum absolute atomic E-state index is 0.114. The van der Waals surface area contributed by atoms with Gasteiger partial charge in [-0.05, 0) is 44.2 Å². The van der Waals surface area contributed by atoms with Crippen LogP contribution in [-0.2, 0) is 6.18 Å². The summed E-state index contributed by atoms with van der Waals surface area (Å²) in [5.41, 5.74) is -0.328. The molecule has 9 heteroatoms. The van der Waals surface area contributed by atoms with Crippen LogP contribution in [-0.4, -0.2) is 29.4 Å². The van der Waals surface area contributed by atoms with Gasteiger partial charge in [0.25, 0.3) is 5.91 Å². The van der Waals surface area contributed by atoms with Crippen molar-refractivity contribution in [2.24, 2.45) is 0 Å². The van der Waals surface area contributed by atoms with Gasteiger partial charge in [0.15, 0.2) is 11.5 Å². The zero-order valence-electron chi connectivity index (χ0n) is 16.6. The average Bonchev–Trinajstić information content (AvgIpc) is 3.07. The van der Waals surface area contributed by atoms with Gasteiger partial charge < -0.3 is 14.8 Å². The molecule has 30 heavy (non-hydrogen) atoms. The molecule has 6 nitrogen and oxygen atoms in total. The number of benzene rings is 2. The third-order valence-electron chi connectivity index (χ3n) is 4.24. The highest BCUT2D eigenvalue weighted by atomic mass is 19.4. The van der Waals surface area contributed by atoms with Gasteiger partial charge in [0, 0.05) is 11.6 Å². The molecule has 0 aliphatic rings. The van der Waals surface area contributed by atoms with Crippen molar-refractivity contribution in [1.29, 1.82) is 0 Å². The molecule has 158 valence electrons. The molecular formula is C21H20F3N3O3. The molecule has 0 aliphatic carbocycles. The van der Waals surface area contributed by atoms with Gasteiger partial charge in [-0.15, -0.1) is 0 Å². The van der Waals surface area contributed by atoms with Gasteiger partial charge in [-0.25, -0.2) is 4.68 Å². The first-order chi connectivity index (χ1) is 14.2. The summed E-state index contributed by atoms with van der Waals surface area (Å²) in [6.45, 7) is 3.80. The number of rotatable bonds is 6. The molecule has 1 amide bonds. The number of halogens is 3. The van der Waals surface area contributed by atoms with Crippen molar-refractivity contribution in [3.63, 3.8) is 0 Å². The predicted octanol–water partition coefficient (Wildman–Crippen LogP) is 4.86. The molecule has 0 spiro atoms. The van der Waals surface area contributed by atoms with E-state index in [0.29, 0.717) is 23.8 Å². The summed E-state index contributed by atoms with van der Waals surface area (Å²) in [5.74, 6) is 0.445. The summed E-state index contributed by atoms with van der Waals surface area (Å²) >= 11 is 0. The molecule has 0 aliphatic heterocycles. The first-order valence-corrected chi connectivity index (χ1v) is 9.10. The van der Waals surface area contributed by atoms with Crippen molar-refractivity contribution in [3.05, 3.63) is 65.4 Å². The summed E-state index contributed by atoms with van der Waals surface area (Å²) in [6, 6.07) is 11.2. The maximum Gasteiger partial charge on any atom is 0.418 e. The first-order valence-electron chi connectivity index (χ1n) is 9.10. The van der Waals surface area contributed by atoms with Crippen LogP contribution >= 0.6 is 0 Å². The Morgan fingerprint density at radius 1 is 1.13 bits per heavy atom. The Balaban J connectivity index is 1.97. The van der Waals surface area contributed by atoms with E-state index in [4.69, 9.17) is 9.47 Å². The number of methoxy groups -OCH3 is 1. The Morgan fingerprint density at radius 2 is 1.87 bits per heavy atom. The fourth-order valence-corrected chi connectivity index (χ4v) is 2.94. The number of hydrogen-bond donors (Lipinski definition) is 1. The highest BCUT2D eigenvalue weighted by Crippen LogP contribution is 2.35. The highest BCUT2D eigenvalue weighted by Gasteiger charge is 2.34. The van der Waals surface area contributed by atoms with Crippen LogP contribution < -0.4 is 14.8 Å². The largest absolute Gasteiger partial charge is 0.493 e. The van der Waals surface area contributed by atoms with Crippen molar-refractivity contribution in [1.82, 2.24) is 9.78 Å². The maximum atomic E-state index is 13.4. The van der Waals surface area contributed by atoms with Crippen LogP contribution in [0.1, 0.15) is 28.5 Å². The van der Waals surface area contributed by atoms with E-state index >= 15 is 0 Å². The van der Waals surface area contributed by atoms with Gasteiger partial charge in [0.2, 0.25) is 0 Å². The van der Waals surface area contributed by atoms with Crippen molar-refractivity contribution in [2.45, 2.75) is 20.0 Å². The van der Waals surface area contributed by atoms with E-state index in [1.54, 1.807) is 19.9 Å². The van der Waals surface area contributed by atoms with Gasteiger partial charge in [0.05, 0.1) is 30.7 Å². The normalized spacial score (nSPS) is 11.3. The summed E-state index contributed by atoms with van der Waals surface area (Å²) in [5, 5.41) is 6.76. The zero-order chi connectivity index (χ0) is 21.9. The monoisotopic (exact) mass is 419 g/mol. The van der Waals surface area contributed by atoms with Crippen LogP contribution in [0.4, 0.5) is 19.0 Å². The fourth-order valence-electron chi connectivity index (χ4n) is 2.94. The minimum atomic E-state index is -4.57. The summed E-state index contributed by atoms with van der Waals surface area (Å²) in [7, 11) is 1.48. The quantitative estimate of drug-likeness (QED) is 0.620. The predicted molar refractivity (Wildman–Crippen MR) is 105 cm³/mol. The van der Waals surface area contributed by atoms with Crippen LogP contribution in [0.5, 0.6) is 11.5 Å². The number of carbonyl (C=O) groups excluding carboxylic acids is 1. The number of amides is 1. The number of alkyl halides is 3. The molecule has 3 aromatic rings. The number of nitrogens with one attached hydrogen (secondary N) is 1. The number of aryl methyl sites for hydroxylation is 1. The number of nitrogens with zero attached hydrogens (tertiary/aromatic N) is 2. The van der Waals surface area contributed by atoms with Crippen molar-refractivity contribution >= 4 is 11.7 Å². The smallest absolute Gasteiger partial charge is 0.418 e. The molecular weight excluding hydrogens is 399 g/mol. The lowest BCUT2D eigenvalue weighted by atomic mass is 10.1.